The van der Waals surface area contributed by atoms with Gasteiger partial charge in [0.25, 0.3) is 0 Å². The third kappa shape index (κ3) is 1.17. The van der Waals surface area contributed by atoms with E-state index in [2.05, 4.69) is 14.7 Å². The van der Waals surface area contributed by atoms with Gasteiger partial charge in [0.2, 0.25) is 0 Å². The van der Waals surface area contributed by atoms with E-state index < -0.39 is 5.97 Å². The molecule has 2 rings (SSSR count). The molecule has 0 saturated heterocycles. The molecule has 0 aromatic carbocycles. The van der Waals surface area contributed by atoms with E-state index in [1.165, 1.54) is 7.11 Å². The maximum absolute atomic E-state index is 11.2. The van der Waals surface area contributed by atoms with Crippen LogP contribution in [0.3, 0.4) is 0 Å². The van der Waals surface area contributed by atoms with Gasteiger partial charge in [0.1, 0.15) is 19.2 Å². The highest BCUT2D eigenvalue weighted by molar-refractivity contribution is 6.42. The summed E-state index contributed by atoms with van der Waals surface area (Å²) < 4.78 is 4.57. The van der Waals surface area contributed by atoms with E-state index in [1.807, 2.05) is 0 Å². The highest BCUT2D eigenvalue weighted by Gasteiger charge is 2.14. The number of nitrogens with one attached hydrogen (secondary N) is 1. The Balaban J connectivity index is 2.68. The van der Waals surface area contributed by atoms with Crippen LogP contribution in [0.25, 0.3) is 11.0 Å². The minimum absolute atomic E-state index is 0.251. The molecular formula is C9H7BN2O2. The second kappa shape index (κ2) is 3.18. The van der Waals surface area contributed by atoms with Crippen molar-refractivity contribution in [1.29, 1.82) is 0 Å². The van der Waals surface area contributed by atoms with Gasteiger partial charge in [-0.25, -0.2) is 9.78 Å². The molecule has 2 aromatic rings. The lowest BCUT2D eigenvalue weighted by molar-refractivity contribution is 0.0596. The SMILES string of the molecule is [B]c1c(C(=O)OC)[nH]c2ncccc12. The molecule has 2 heterocycles. The largest absolute Gasteiger partial charge is 0.464 e. The number of methoxy groups -OCH3 is 1. The molecule has 2 aromatic heterocycles. The molecule has 0 spiro atoms. The van der Waals surface area contributed by atoms with Gasteiger partial charge in [0, 0.05) is 11.6 Å². The number of carbonyl (C=O) groups excluding carboxylic acids is 1. The molecule has 0 bridgehead atoms. The number of hydrogen-bond acceptors (Lipinski definition) is 3. The topological polar surface area (TPSA) is 55.0 Å². The van der Waals surface area contributed by atoms with Crippen molar-refractivity contribution < 1.29 is 9.53 Å². The molecule has 0 unspecified atom stereocenters. The lowest BCUT2D eigenvalue weighted by atomic mass is 9.93. The molecular weight excluding hydrogens is 179 g/mol. The smallest absolute Gasteiger partial charge is 0.353 e. The van der Waals surface area contributed by atoms with Gasteiger partial charge in [0.15, 0.2) is 0 Å². The number of carbonyl (C=O) groups is 1. The zero-order chi connectivity index (χ0) is 10.1. The van der Waals surface area contributed by atoms with Gasteiger partial charge in [-0.3, -0.25) is 0 Å². The summed E-state index contributed by atoms with van der Waals surface area (Å²) in [7, 11) is 7.05. The summed E-state index contributed by atoms with van der Waals surface area (Å²) in [5.74, 6) is -0.486. The van der Waals surface area contributed by atoms with Gasteiger partial charge >= 0.3 is 5.97 Å². The first-order chi connectivity index (χ1) is 6.74. The van der Waals surface area contributed by atoms with Crippen molar-refractivity contribution in [3.8, 4) is 0 Å². The number of H-pyrrole nitrogens is 1. The first kappa shape index (κ1) is 8.81. The number of ether oxygens (including phenoxy) is 1. The summed E-state index contributed by atoms with van der Waals surface area (Å²) >= 11 is 0. The third-order valence-electron chi connectivity index (χ3n) is 2.00. The van der Waals surface area contributed by atoms with Crippen LogP contribution in [0.1, 0.15) is 10.5 Å². The summed E-state index contributed by atoms with van der Waals surface area (Å²) in [6, 6.07) is 3.55. The zero-order valence-corrected chi connectivity index (χ0v) is 7.57. The first-order valence-electron chi connectivity index (χ1n) is 4.04. The van der Waals surface area contributed by atoms with Crippen LogP contribution in [0.4, 0.5) is 0 Å². The summed E-state index contributed by atoms with van der Waals surface area (Å²) in [4.78, 5) is 18.1. The van der Waals surface area contributed by atoms with Crippen LogP contribution in [0, 0.1) is 0 Å². The van der Waals surface area contributed by atoms with Crippen LogP contribution >= 0.6 is 0 Å². The Kier molecular flexibility index (Phi) is 2.00. The third-order valence-corrected chi connectivity index (χ3v) is 2.00. The van der Waals surface area contributed by atoms with E-state index in [1.54, 1.807) is 18.3 Å². The maximum Gasteiger partial charge on any atom is 0.353 e. The molecule has 2 radical (unpaired) electrons. The highest BCUT2D eigenvalue weighted by atomic mass is 16.5. The van der Waals surface area contributed by atoms with Crippen molar-refractivity contribution in [1.82, 2.24) is 9.97 Å². The number of esters is 1. The average Bonchev–Trinajstić information content (AvgIpc) is 2.56. The Morgan fingerprint density at radius 3 is 3.07 bits per heavy atom. The van der Waals surface area contributed by atoms with E-state index in [-0.39, 0.29) is 5.69 Å². The number of pyridine rings is 1. The quantitative estimate of drug-likeness (QED) is 0.509. The average molecular weight is 186 g/mol. The monoisotopic (exact) mass is 186 g/mol. The molecule has 0 saturated carbocycles. The van der Waals surface area contributed by atoms with Crippen LogP contribution in [0.5, 0.6) is 0 Å². The van der Waals surface area contributed by atoms with E-state index in [9.17, 15) is 4.79 Å². The van der Waals surface area contributed by atoms with E-state index in [0.717, 1.165) is 5.39 Å². The maximum atomic E-state index is 11.2. The number of hydrogen-bond donors (Lipinski definition) is 1. The zero-order valence-electron chi connectivity index (χ0n) is 7.57. The number of aromatic amines is 1. The lowest BCUT2D eigenvalue weighted by Gasteiger charge is -1.95. The highest BCUT2D eigenvalue weighted by Crippen LogP contribution is 2.09. The lowest BCUT2D eigenvalue weighted by Crippen LogP contribution is -2.15. The molecule has 0 aliphatic heterocycles. The van der Waals surface area contributed by atoms with Crippen molar-refractivity contribution in [2.45, 2.75) is 0 Å². The van der Waals surface area contributed by atoms with E-state index in [0.29, 0.717) is 11.1 Å². The minimum atomic E-state index is -0.486. The van der Waals surface area contributed by atoms with Gasteiger partial charge in [0.05, 0.1) is 7.11 Å². The Morgan fingerprint density at radius 1 is 1.64 bits per heavy atom. The van der Waals surface area contributed by atoms with Gasteiger partial charge in [-0.05, 0) is 6.07 Å². The Bertz CT molecular complexity index is 493. The Labute approximate surface area is 81.7 Å². The van der Waals surface area contributed by atoms with Crippen LogP contribution in [-0.4, -0.2) is 30.9 Å². The molecule has 14 heavy (non-hydrogen) atoms. The Hall–Kier alpha value is -1.78. The number of nitrogens with zero attached hydrogens (tertiary/aromatic N) is 1. The molecule has 0 aliphatic rings. The van der Waals surface area contributed by atoms with E-state index >= 15 is 0 Å². The normalized spacial score (nSPS) is 10.4. The summed E-state index contributed by atoms with van der Waals surface area (Å²) in [5, 5.41) is 0.730. The summed E-state index contributed by atoms with van der Waals surface area (Å²) in [6.07, 6.45) is 1.62. The Morgan fingerprint density at radius 2 is 2.43 bits per heavy atom. The molecule has 0 atom stereocenters. The second-order valence-electron chi connectivity index (χ2n) is 2.80. The molecule has 0 fully saturated rings. The van der Waals surface area contributed by atoms with Crippen LogP contribution in [0.2, 0.25) is 0 Å². The van der Waals surface area contributed by atoms with Gasteiger partial charge < -0.3 is 9.72 Å². The van der Waals surface area contributed by atoms with Gasteiger partial charge in [-0.1, -0.05) is 11.5 Å². The number of fused-ring (bicyclic) bond motifs is 1. The van der Waals surface area contributed by atoms with Crippen LogP contribution < -0.4 is 5.46 Å². The first-order valence-corrected chi connectivity index (χ1v) is 4.04. The van der Waals surface area contributed by atoms with Crippen molar-refractivity contribution >= 4 is 30.3 Å². The summed E-state index contributed by atoms with van der Waals surface area (Å²) in [5.41, 5.74) is 1.21. The fourth-order valence-corrected chi connectivity index (χ4v) is 1.31. The molecule has 1 N–H and O–H groups in total. The standard InChI is InChI=1S/C9H7BN2O2/c1-14-9(13)7-6(10)5-3-2-4-11-8(5)12-7/h2-4H,1H3,(H,11,12). The number of aromatic nitrogens is 2. The summed E-state index contributed by atoms with van der Waals surface area (Å²) in [6.45, 7) is 0. The van der Waals surface area contributed by atoms with Gasteiger partial charge in [-0.15, -0.1) is 0 Å². The molecule has 5 heteroatoms. The molecule has 0 amide bonds. The van der Waals surface area contributed by atoms with Crippen molar-refractivity contribution in [2.75, 3.05) is 7.11 Å². The predicted molar refractivity (Wildman–Crippen MR) is 52.8 cm³/mol. The van der Waals surface area contributed by atoms with Crippen LogP contribution in [0.15, 0.2) is 18.3 Å². The molecule has 0 aliphatic carbocycles. The van der Waals surface area contributed by atoms with Crippen LogP contribution in [-0.2, 0) is 4.74 Å². The molecule has 68 valence electrons. The fourth-order valence-electron chi connectivity index (χ4n) is 1.31. The van der Waals surface area contributed by atoms with E-state index in [4.69, 9.17) is 7.85 Å². The second-order valence-corrected chi connectivity index (χ2v) is 2.80. The number of rotatable bonds is 1. The fraction of sp³-hybridized carbons (Fsp3) is 0.111. The van der Waals surface area contributed by atoms with Crippen molar-refractivity contribution in [3.63, 3.8) is 0 Å². The van der Waals surface area contributed by atoms with Crippen molar-refractivity contribution in [2.24, 2.45) is 0 Å². The molecule has 4 nitrogen and oxygen atoms in total. The van der Waals surface area contributed by atoms with Crippen molar-refractivity contribution in [3.05, 3.63) is 24.0 Å². The minimum Gasteiger partial charge on any atom is -0.464 e. The predicted octanol–water partition coefficient (Wildman–Crippen LogP) is 0.143. The van der Waals surface area contributed by atoms with Gasteiger partial charge in [-0.2, -0.15) is 0 Å².